The third kappa shape index (κ3) is 1.92. The first-order valence-corrected chi connectivity index (χ1v) is 3.87. The standard InChI is InChI=1S/C9H9ClN2/c1-7-8(3-5-11-2)9(10)4-6-12-7/h3-6H,2H2,1H3/b5-3-. The van der Waals surface area contributed by atoms with Crippen molar-refractivity contribution in [2.24, 2.45) is 4.99 Å². The molecule has 0 aliphatic carbocycles. The zero-order valence-corrected chi connectivity index (χ0v) is 7.54. The van der Waals surface area contributed by atoms with E-state index in [1.807, 2.05) is 6.92 Å². The number of rotatable bonds is 2. The van der Waals surface area contributed by atoms with Crippen LogP contribution in [0.3, 0.4) is 0 Å². The monoisotopic (exact) mass is 180 g/mol. The quantitative estimate of drug-likeness (QED) is 0.643. The second kappa shape index (κ2) is 4.02. The fourth-order valence-corrected chi connectivity index (χ4v) is 1.13. The van der Waals surface area contributed by atoms with Gasteiger partial charge in [-0.3, -0.25) is 9.98 Å². The molecule has 0 amide bonds. The van der Waals surface area contributed by atoms with E-state index in [2.05, 4.69) is 16.7 Å². The lowest BCUT2D eigenvalue weighted by Gasteiger charge is -1.99. The number of hydrogen-bond acceptors (Lipinski definition) is 2. The zero-order valence-electron chi connectivity index (χ0n) is 6.79. The molecule has 0 atom stereocenters. The van der Waals surface area contributed by atoms with Crippen LogP contribution in [-0.2, 0) is 0 Å². The minimum absolute atomic E-state index is 0.683. The summed E-state index contributed by atoms with van der Waals surface area (Å²) in [6.45, 7) is 5.23. The SMILES string of the molecule is C=N/C=C\c1c(Cl)ccnc1C. The highest BCUT2D eigenvalue weighted by Gasteiger charge is 1.99. The highest BCUT2D eigenvalue weighted by Crippen LogP contribution is 2.18. The first kappa shape index (κ1) is 8.94. The number of halogens is 1. The Morgan fingerprint density at radius 1 is 1.67 bits per heavy atom. The molecule has 0 saturated carbocycles. The zero-order chi connectivity index (χ0) is 8.97. The van der Waals surface area contributed by atoms with Crippen LogP contribution in [0.25, 0.3) is 6.08 Å². The molecule has 2 nitrogen and oxygen atoms in total. The highest BCUT2D eigenvalue weighted by atomic mass is 35.5. The Hall–Kier alpha value is -1.15. The summed E-state index contributed by atoms with van der Waals surface area (Å²) in [6, 6.07) is 1.75. The van der Waals surface area contributed by atoms with Crippen molar-refractivity contribution in [3.63, 3.8) is 0 Å². The summed E-state index contributed by atoms with van der Waals surface area (Å²) in [5.41, 5.74) is 1.79. The molecule has 0 spiro atoms. The van der Waals surface area contributed by atoms with Crippen LogP contribution in [0, 0.1) is 6.92 Å². The lowest BCUT2D eigenvalue weighted by Crippen LogP contribution is -1.85. The third-order valence-electron chi connectivity index (χ3n) is 1.48. The topological polar surface area (TPSA) is 25.2 Å². The van der Waals surface area contributed by atoms with Crippen molar-refractivity contribution in [3.8, 4) is 0 Å². The average Bonchev–Trinajstić information content (AvgIpc) is 2.04. The number of nitrogens with zero attached hydrogens (tertiary/aromatic N) is 2. The van der Waals surface area contributed by atoms with Crippen molar-refractivity contribution >= 4 is 24.4 Å². The summed E-state index contributed by atoms with van der Waals surface area (Å²) in [5.74, 6) is 0. The van der Waals surface area contributed by atoms with E-state index in [-0.39, 0.29) is 0 Å². The van der Waals surface area contributed by atoms with Gasteiger partial charge in [0.2, 0.25) is 0 Å². The smallest absolute Gasteiger partial charge is 0.0512 e. The van der Waals surface area contributed by atoms with Gasteiger partial charge in [0, 0.05) is 23.7 Å². The predicted molar refractivity (Wildman–Crippen MR) is 52.6 cm³/mol. The van der Waals surface area contributed by atoms with Gasteiger partial charge in [0.05, 0.1) is 5.02 Å². The molecular formula is C9H9ClN2. The maximum atomic E-state index is 5.91. The maximum Gasteiger partial charge on any atom is 0.0512 e. The van der Waals surface area contributed by atoms with Gasteiger partial charge in [-0.1, -0.05) is 11.6 Å². The lowest BCUT2D eigenvalue weighted by molar-refractivity contribution is 1.19. The number of pyridine rings is 1. The van der Waals surface area contributed by atoms with Gasteiger partial charge in [-0.2, -0.15) is 0 Å². The molecule has 1 rings (SSSR count). The summed E-state index contributed by atoms with van der Waals surface area (Å²) in [7, 11) is 0. The Balaban J connectivity index is 3.12. The molecule has 1 aromatic heterocycles. The van der Waals surface area contributed by atoms with Crippen molar-refractivity contribution in [2.45, 2.75) is 6.92 Å². The van der Waals surface area contributed by atoms with Crippen LogP contribution >= 0.6 is 11.6 Å². The molecule has 0 saturated heterocycles. The molecule has 62 valence electrons. The molecule has 0 fully saturated rings. The van der Waals surface area contributed by atoms with Crippen molar-refractivity contribution < 1.29 is 0 Å². The Morgan fingerprint density at radius 2 is 2.42 bits per heavy atom. The van der Waals surface area contributed by atoms with Gasteiger partial charge in [-0.25, -0.2) is 0 Å². The van der Waals surface area contributed by atoms with Crippen LogP contribution in [0.5, 0.6) is 0 Å². The van der Waals surface area contributed by atoms with E-state index in [4.69, 9.17) is 11.6 Å². The van der Waals surface area contributed by atoms with E-state index in [1.165, 1.54) is 0 Å². The van der Waals surface area contributed by atoms with Crippen LogP contribution in [0.1, 0.15) is 11.3 Å². The molecule has 12 heavy (non-hydrogen) atoms. The normalized spacial score (nSPS) is 10.5. The minimum Gasteiger partial charge on any atom is -0.272 e. The third-order valence-corrected chi connectivity index (χ3v) is 1.81. The molecule has 0 radical (unpaired) electrons. The lowest BCUT2D eigenvalue weighted by atomic mass is 10.2. The van der Waals surface area contributed by atoms with E-state index >= 15 is 0 Å². The molecule has 1 heterocycles. The van der Waals surface area contributed by atoms with E-state index in [0.717, 1.165) is 11.3 Å². The molecule has 0 aliphatic rings. The average molecular weight is 181 g/mol. The highest BCUT2D eigenvalue weighted by molar-refractivity contribution is 6.32. The van der Waals surface area contributed by atoms with Gasteiger partial charge in [0.1, 0.15) is 0 Å². The summed E-state index contributed by atoms with van der Waals surface area (Å²) < 4.78 is 0. The summed E-state index contributed by atoms with van der Waals surface area (Å²) in [5, 5.41) is 0.683. The van der Waals surface area contributed by atoms with Crippen molar-refractivity contribution in [1.82, 2.24) is 4.98 Å². The fraction of sp³-hybridized carbons (Fsp3) is 0.111. The van der Waals surface area contributed by atoms with Gasteiger partial charge in [-0.15, -0.1) is 0 Å². The van der Waals surface area contributed by atoms with Crippen LogP contribution in [-0.4, -0.2) is 11.7 Å². The first-order valence-electron chi connectivity index (χ1n) is 3.49. The van der Waals surface area contributed by atoms with E-state index < -0.39 is 0 Å². The van der Waals surface area contributed by atoms with Crippen molar-refractivity contribution in [2.75, 3.05) is 0 Å². The fourth-order valence-electron chi connectivity index (χ4n) is 0.874. The number of aromatic nitrogens is 1. The molecule has 3 heteroatoms. The summed E-state index contributed by atoms with van der Waals surface area (Å²) >= 11 is 5.91. The largest absolute Gasteiger partial charge is 0.272 e. The van der Waals surface area contributed by atoms with Crippen LogP contribution < -0.4 is 0 Å². The Labute approximate surface area is 76.6 Å². The van der Waals surface area contributed by atoms with E-state index in [9.17, 15) is 0 Å². The van der Waals surface area contributed by atoms with Gasteiger partial charge in [0.15, 0.2) is 0 Å². The summed E-state index contributed by atoms with van der Waals surface area (Å²) in [4.78, 5) is 7.69. The summed E-state index contributed by atoms with van der Waals surface area (Å²) in [6.07, 6.45) is 5.06. The molecule has 0 unspecified atom stereocenters. The molecule has 0 N–H and O–H groups in total. The van der Waals surface area contributed by atoms with Crippen molar-refractivity contribution in [3.05, 3.63) is 34.7 Å². The van der Waals surface area contributed by atoms with E-state index in [1.54, 1.807) is 24.5 Å². The van der Waals surface area contributed by atoms with Crippen LogP contribution in [0.2, 0.25) is 5.02 Å². The van der Waals surface area contributed by atoms with Gasteiger partial charge in [-0.05, 0) is 25.8 Å². The second-order valence-electron chi connectivity index (χ2n) is 2.29. The van der Waals surface area contributed by atoms with Gasteiger partial charge >= 0.3 is 0 Å². The second-order valence-corrected chi connectivity index (χ2v) is 2.70. The Kier molecular flexibility index (Phi) is 3.00. The molecule has 0 bridgehead atoms. The molecule has 0 aliphatic heterocycles. The predicted octanol–water partition coefficient (Wildman–Crippen LogP) is 2.71. The number of aliphatic imine (C=N–C) groups is 1. The maximum absolute atomic E-state index is 5.91. The van der Waals surface area contributed by atoms with E-state index in [0.29, 0.717) is 5.02 Å². The minimum atomic E-state index is 0.683. The van der Waals surface area contributed by atoms with Gasteiger partial charge < -0.3 is 0 Å². The van der Waals surface area contributed by atoms with Gasteiger partial charge in [0.25, 0.3) is 0 Å². The Morgan fingerprint density at radius 3 is 3.00 bits per heavy atom. The first-order chi connectivity index (χ1) is 5.75. The van der Waals surface area contributed by atoms with Crippen LogP contribution in [0.4, 0.5) is 0 Å². The molecular weight excluding hydrogens is 172 g/mol. The van der Waals surface area contributed by atoms with Crippen molar-refractivity contribution in [1.29, 1.82) is 0 Å². The molecule has 1 aromatic rings. The Bertz CT molecular complexity index is 298. The molecule has 0 aromatic carbocycles. The number of hydrogen-bond donors (Lipinski definition) is 0. The number of aryl methyl sites for hydroxylation is 1. The van der Waals surface area contributed by atoms with Crippen LogP contribution in [0.15, 0.2) is 23.5 Å².